The number of aryl methyl sites for hydroxylation is 1. The molecule has 0 amide bonds. The number of nitrogens with zero attached hydrogens (tertiary/aromatic N) is 3. The molecule has 0 unspecified atom stereocenters. The lowest BCUT2D eigenvalue weighted by atomic mass is 10.1. The van der Waals surface area contributed by atoms with Gasteiger partial charge in [-0.3, -0.25) is 4.98 Å². The fraction of sp³-hybridized carbons (Fsp3) is 0.0714. The highest BCUT2D eigenvalue weighted by Crippen LogP contribution is 2.20. The van der Waals surface area contributed by atoms with Crippen molar-refractivity contribution in [2.75, 3.05) is 0 Å². The Morgan fingerprint density at radius 1 is 1.00 bits per heavy atom. The van der Waals surface area contributed by atoms with E-state index < -0.39 is 0 Å². The number of rotatable bonds is 2. The van der Waals surface area contributed by atoms with Gasteiger partial charge in [0.2, 0.25) is 5.82 Å². The molecule has 2 aromatic heterocycles. The zero-order valence-electron chi connectivity index (χ0n) is 9.87. The third-order valence-corrected chi connectivity index (χ3v) is 2.62. The summed E-state index contributed by atoms with van der Waals surface area (Å²) in [6.45, 7) is 2.04. The molecule has 3 aromatic rings. The molecule has 1 aromatic carbocycles. The molecule has 0 saturated heterocycles. The zero-order chi connectivity index (χ0) is 12.4. The molecule has 4 heteroatoms. The summed E-state index contributed by atoms with van der Waals surface area (Å²) >= 11 is 0. The van der Waals surface area contributed by atoms with E-state index in [1.807, 2.05) is 49.4 Å². The monoisotopic (exact) mass is 237 g/mol. The molecule has 0 radical (unpaired) electrons. The maximum absolute atomic E-state index is 5.21. The molecule has 0 aliphatic carbocycles. The summed E-state index contributed by atoms with van der Waals surface area (Å²) in [5.74, 6) is 1.02. The number of aromatic nitrogens is 3. The predicted molar refractivity (Wildman–Crippen MR) is 67.7 cm³/mol. The van der Waals surface area contributed by atoms with Crippen LogP contribution in [-0.2, 0) is 0 Å². The van der Waals surface area contributed by atoms with Crippen LogP contribution in [0.25, 0.3) is 23.0 Å². The van der Waals surface area contributed by atoms with Gasteiger partial charge < -0.3 is 4.52 Å². The molecule has 0 saturated carbocycles. The van der Waals surface area contributed by atoms with Crippen molar-refractivity contribution in [2.45, 2.75) is 6.92 Å². The first kappa shape index (κ1) is 10.7. The van der Waals surface area contributed by atoms with Gasteiger partial charge in [0.25, 0.3) is 5.89 Å². The van der Waals surface area contributed by atoms with Gasteiger partial charge in [-0.05, 0) is 19.1 Å². The zero-order valence-corrected chi connectivity index (χ0v) is 9.87. The molecule has 0 spiro atoms. The summed E-state index contributed by atoms with van der Waals surface area (Å²) in [5, 5.41) is 3.97. The van der Waals surface area contributed by atoms with Gasteiger partial charge in [0.05, 0.1) is 0 Å². The SMILES string of the molecule is Cc1ccc(-c2noc(-c3ccccn3)n2)cc1. The van der Waals surface area contributed by atoms with Crippen molar-refractivity contribution in [3.05, 3.63) is 54.2 Å². The van der Waals surface area contributed by atoms with Crippen LogP contribution < -0.4 is 0 Å². The molecule has 2 heterocycles. The predicted octanol–water partition coefficient (Wildman–Crippen LogP) is 3.11. The molecular weight excluding hydrogens is 226 g/mol. The van der Waals surface area contributed by atoms with Crippen LogP contribution >= 0.6 is 0 Å². The van der Waals surface area contributed by atoms with Gasteiger partial charge >= 0.3 is 0 Å². The Morgan fingerprint density at radius 2 is 1.83 bits per heavy atom. The normalized spacial score (nSPS) is 10.5. The van der Waals surface area contributed by atoms with E-state index in [1.54, 1.807) is 6.20 Å². The van der Waals surface area contributed by atoms with Gasteiger partial charge in [-0.25, -0.2) is 0 Å². The van der Waals surface area contributed by atoms with Gasteiger partial charge in [-0.1, -0.05) is 41.1 Å². The van der Waals surface area contributed by atoms with Crippen LogP contribution in [0.15, 0.2) is 53.2 Å². The lowest BCUT2D eigenvalue weighted by molar-refractivity contribution is 0.431. The van der Waals surface area contributed by atoms with Gasteiger partial charge in [0.1, 0.15) is 5.69 Å². The van der Waals surface area contributed by atoms with Crippen LogP contribution in [0.1, 0.15) is 5.56 Å². The average molecular weight is 237 g/mol. The van der Waals surface area contributed by atoms with Crippen LogP contribution in [-0.4, -0.2) is 15.1 Å². The summed E-state index contributed by atoms with van der Waals surface area (Å²) in [5.41, 5.74) is 2.82. The summed E-state index contributed by atoms with van der Waals surface area (Å²) in [6, 6.07) is 13.6. The second kappa shape index (κ2) is 4.41. The van der Waals surface area contributed by atoms with Crippen LogP contribution in [0.4, 0.5) is 0 Å². The van der Waals surface area contributed by atoms with Gasteiger partial charge in [-0.15, -0.1) is 0 Å². The third-order valence-electron chi connectivity index (χ3n) is 2.62. The molecule has 18 heavy (non-hydrogen) atoms. The van der Waals surface area contributed by atoms with Gasteiger partial charge in [0, 0.05) is 11.8 Å². The number of hydrogen-bond acceptors (Lipinski definition) is 4. The second-order valence-corrected chi connectivity index (χ2v) is 4.00. The van der Waals surface area contributed by atoms with Crippen molar-refractivity contribution in [3.63, 3.8) is 0 Å². The first-order chi connectivity index (χ1) is 8.83. The van der Waals surface area contributed by atoms with E-state index in [0.717, 1.165) is 5.56 Å². The number of hydrogen-bond donors (Lipinski definition) is 0. The summed E-state index contributed by atoms with van der Waals surface area (Å²) in [6.07, 6.45) is 1.70. The Morgan fingerprint density at radius 3 is 2.56 bits per heavy atom. The maximum atomic E-state index is 5.21. The Kier molecular flexibility index (Phi) is 2.61. The Bertz CT molecular complexity index is 644. The molecule has 0 atom stereocenters. The maximum Gasteiger partial charge on any atom is 0.276 e. The molecule has 0 bridgehead atoms. The average Bonchev–Trinajstić information content (AvgIpc) is 2.90. The molecule has 3 rings (SSSR count). The smallest absolute Gasteiger partial charge is 0.276 e. The lowest BCUT2D eigenvalue weighted by Gasteiger charge is -1.94. The molecule has 0 aliphatic heterocycles. The highest BCUT2D eigenvalue weighted by atomic mass is 16.5. The Labute approximate surface area is 104 Å². The standard InChI is InChI=1S/C14H11N3O/c1-10-5-7-11(8-6-10)13-16-14(18-17-13)12-4-2-3-9-15-12/h2-9H,1H3. The molecule has 4 nitrogen and oxygen atoms in total. The topological polar surface area (TPSA) is 51.8 Å². The van der Waals surface area contributed by atoms with Crippen molar-refractivity contribution in [1.29, 1.82) is 0 Å². The van der Waals surface area contributed by atoms with Crippen molar-refractivity contribution < 1.29 is 4.52 Å². The quantitative estimate of drug-likeness (QED) is 0.687. The number of benzene rings is 1. The van der Waals surface area contributed by atoms with Crippen molar-refractivity contribution >= 4 is 0 Å². The summed E-state index contributed by atoms with van der Waals surface area (Å²) in [4.78, 5) is 8.51. The molecule has 0 aliphatic rings. The van der Waals surface area contributed by atoms with Crippen molar-refractivity contribution in [2.24, 2.45) is 0 Å². The molecule has 0 N–H and O–H groups in total. The first-order valence-electron chi connectivity index (χ1n) is 5.65. The van der Waals surface area contributed by atoms with E-state index in [1.165, 1.54) is 5.56 Å². The molecule has 0 fully saturated rings. The van der Waals surface area contributed by atoms with Crippen LogP contribution in [0.3, 0.4) is 0 Å². The summed E-state index contributed by atoms with van der Waals surface area (Å²) < 4.78 is 5.21. The fourth-order valence-corrected chi connectivity index (χ4v) is 1.64. The Balaban J connectivity index is 1.97. The van der Waals surface area contributed by atoms with E-state index in [9.17, 15) is 0 Å². The fourth-order valence-electron chi connectivity index (χ4n) is 1.64. The minimum atomic E-state index is 0.436. The number of pyridine rings is 1. The van der Waals surface area contributed by atoms with E-state index in [4.69, 9.17) is 4.52 Å². The second-order valence-electron chi connectivity index (χ2n) is 4.00. The van der Waals surface area contributed by atoms with Gasteiger partial charge in [-0.2, -0.15) is 4.98 Å². The van der Waals surface area contributed by atoms with Crippen LogP contribution in [0.2, 0.25) is 0 Å². The van der Waals surface area contributed by atoms with E-state index >= 15 is 0 Å². The van der Waals surface area contributed by atoms with Gasteiger partial charge in [0.15, 0.2) is 0 Å². The van der Waals surface area contributed by atoms with E-state index in [2.05, 4.69) is 15.1 Å². The summed E-state index contributed by atoms with van der Waals surface area (Å²) in [7, 11) is 0. The van der Waals surface area contributed by atoms with Crippen molar-refractivity contribution in [3.8, 4) is 23.0 Å². The first-order valence-corrected chi connectivity index (χ1v) is 5.65. The molecular formula is C14H11N3O. The highest BCUT2D eigenvalue weighted by Gasteiger charge is 2.10. The highest BCUT2D eigenvalue weighted by molar-refractivity contribution is 5.57. The third kappa shape index (κ3) is 2.00. The largest absolute Gasteiger partial charge is 0.332 e. The van der Waals surface area contributed by atoms with Crippen LogP contribution in [0.5, 0.6) is 0 Å². The van der Waals surface area contributed by atoms with Crippen molar-refractivity contribution in [1.82, 2.24) is 15.1 Å². The molecule has 88 valence electrons. The lowest BCUT2D eigenvalue weighted by Crippen LogP contribution is -1.83. The Hall–Kier alpha value is -2.49. The minimum absolute atomic E-state index is 0.436. The van der Waals surface area contributed by atoms with Crippen LogP contribution in [0, 0.1) is 6.92 Å². The minimum Gasteiger partial charge on any atom is -0.332 e. The van der Waals surface area contributed by atoms with E-state index in [0.29, 0.717) is 17.4 Å². The van der Waals surface area contributed by atoms with E-state index in [-0.39, 0.29) is 0 Å².